The van der Waals surface area contributed by atoms with Gasteiger partial charge in [0.05, 0.1) is 16.5 Å². The van der Waals surface area contributed by atoms with E-state index in [0.717, 1.165) is 0 Å². The highest BCUT2D eigenvalue weighted by atomic mass is 79.9. The quantitative estimate of drug-likeness (QED) is 0.768. The van der Waals surface area contributed by atoms with E-state index >= 15 is 0 Å². The molecule has 1 aliphatic rings. The van der Waals surface area contributed by atoms with Crippen molar-refractivity contribution in [1.82, 2.24) is 5.32 Å². The molecule has 2 rings (SSSR count). The molecule has 21 heavy (non-hydrogen) atoms. The van der Waals surface area contributed by atoms with Crippen LogP contribution >= 0.6 is 27.5 Å². The molecule has 0 spiro atoms. The first kappa shape index (κ1) is 16.6. The summed E-state index contributed by atoms with van der Waals surface area (Å²) >= 11 is 9.15. The van der Waals surface area contributed by atoms with E-state index in [4.69, 9.17) is 11.6 Å². The third-order valence-corrected chi connectivity index (χ3v) is 4.50. The van der Waals surface area contributed by atoms with E-state index in [1.807, 2.05) is 0 Å². The number of carbonyl (C=O) groups is 1. The summed E-state index contributed by atoms with van der Waals surface area (Å²) in [7, 11) is 0. The average molecular weight is 385 g/mol. The van der Waals surface area contributed by atoms with Crippen molar-refractivity contribution in [2.75, 3.05) is 0 Å². The minimum Gasteiger partial charge on any atom is -0.349 e. The maximum absolute atomic E-state index is 13.0. The first-order valence-corrected chi connectivity index (χ1v) is 7.79. The summed E-state index contributed by atoms with van der Waals surface area (Å²) in [6.07, 6.45) is -2.68. The number of benzene rings is 1. The molecule has 0 bridgehead atoms. The predicted molar refractivity (Wildman–Crippen MR) is 78.4 cm³/mol. The highest BCUT2D eigenvalue weighted by Gasteiger charge is 2.46. The number of amides is 1. The van der Waals surface area contributed by atoms with Crippen molar-refractivity contribution in [2.24, 2.45) is 5.92 Å². The van der Waals surface area contributed by atoms with Crippen molar-refractivity contribution in [1.29, 1.82) is 0 Å². The number of carbonyl (C=O) groups excluding carboxylic acids is 1. The Hall–Kier alpha value is -0.750. The summed E-state index contributed by atoms with van der Waals surface area (Å²) < 4.78 is 39.7. The number of rotatable bonds is 2. The molecule has 0 unspecified atom stereocenters. The molecule has 0 saturated heterocycles. The van der Waals surface area contributed by atoms with Gasteiger partial charge in [0, 0.05) is 10.5 Å². The summed E-state index contributed by atoms with van der Waals surface area (Å²) in [5.74, 6) is -2.05. The van der Waals surface area contributed by atoms with Gasteiger partial charge in [0.1, 0.15) is 0 Å². The molecular formula is C14H14BrClF3NO. The van der Waals surface area contributed by atoms with E-state index in [9.17, 15) is 18.0 Å². The SMILES string of the molecule is O=C(N[C@@H]1CCCC[C@H]1C(F)(F)F)c1cc(Br)ccc1Cl. The Bertz CT molecular complexity index is 535. The fourth-order valence-corrected chi connectivity index (χ4v) is 3.18. The van der Waals surface area contributed by atoms with E-state index in [2.05, 4.69) is 21.2 Å². The van der Waals surface area contributed by atoms with Crippen LogP contribution in [-0.4, -0.2) is 18.1 Å². The minimum atomic E-state index is -4.29. The van der Waals surface area contributed by atoms with Gasteiger partial charge in [-0.05, 0) is 31.0 Å². The highest BCUT2D eigenvalue weighted by molar-refractivity contribution is 9.10. The largest absolute Gasteiger partial charge is 0.393 e. The summed E-state index contributed by atoms with van der Waals surface area (Å²) in [5.41, 5.74) is 0.178. The zero-order valence-corrected chi connectivity index (χ0v) is 13.4. The van der Waals surface area contributed by atoms with Crippen LogP contribution in [0.25, 0.3) is 0 Å². The molecule has 1 aromatic carbocycles. The van der Waals surface area contributed by atoms with Crippen LogP contribution in [0.3, 0.4) is 0 Å². The second-order valence-electron chi connectivity index (χ2n) is 5.14. The topological polar surface area (TPSA) is 29.1 Å². The van der Waals surface area contributed by atoms with Crippen LogP contribution in [0.2, 0.25) is 5.02 Å². The Kier molecular flexibility index (Phi) is 5.20. The van der Waals surface area contributed by atoms with Gasteiger partial charge < -0.3 is 5.32 Å². The first-order chi connectivity index (χ1) is 9.79. The maximum Gasteiger partial charge on any atom is 0.393 e. The van der Waals surface area contributed by atoms with Gasteiger partial charge in [-0.25, -0.2) is 0 Å². The summed E-state index contributed by atoms with van der Waals surface area (Å²) in [4.78, 5) is 12.2. The van der Waals surface area contributed by atoms with E-state index in [-0.39, 0.29) is 17.0 Å². The molecule has 0 heterocycles. The molecule has 0 aromatic heterocycles. The third kappa shape index (κ3) is 4.13. The molecule has 1 saturated carbocycles. The predicted octanol–water partition coefficient (Wildman–Crippen LogP) is 4.95. The zero-order chi connectivity index (χ0) is 15.6. The van der Waals surface area contributed by atoms with E-state index in [1.165, 1.54) is 12.1 Å². The number of hydrogen-bond acceptors (Lipinski definition) is 1. The second kappa shape index (κ2) is 6.57. The van der Waals surface area contributed by atoms with Gasteiger partial charge >= 0.3 is 6.18 Å². The van der Waals surface area contributed by atoms with Gasteiger partial charge in [0.25, 0.3) is 5.91 Å². The summed E-state index contributed by atoms with van der Waals surface area (Å²) in [5, 5.41) is 2.71. The smallest absolute Gasteiger partial charge is 0.349 e. The van der Waals surface area contributed by atoms with Crippen LogP contribution in [0.15, 0.2) is 22.7 Å². The first-order valence-electron chi connectivity index (χ1n) is 6.61. The average Bonchev–Trinajstić information content (AvgIpc) is 2.41. The zero-order valence-electron chi connectivity index (χ0n) is 11.0. The molecule has 0 radical (unpaired) electrons. The molecule has 116 valence electrons. The minimum absolute atomic E-state index is 0.0562. The standard InChI is InChI=1S/C14H14BrClF3NO/c15-8-5-6-11(16)9(7-8)13(21)20-12-4-2-1-3-10(12)14(17,18)19/h5-7,10,12H,1-4H2,(H,20,21)/t10-,12-/m1/s1. The molecule has 1 aliphatic carbocycles. The summed E-state index contributed by atoms with van der Waals surface area (Å²) in [6.45, 7) is 0. The van der Waals surface area contributed by atoms with Gasteiger partial charge in [-0.15, -0.1) is 0 Å². The Morgan fingerprint density at radius 1 is 1.29 bits per heavy atom. The Balaban J connectivity index is 2.15. The lowest BCUT2D eigenvalue weighted by atomic mass is 9.84. The van der Waals surface area contributed by atoms with Crippen LogP contribution in [0.4, 0.5) is 13.2 Å². The Morgan fingerprint density at radius 2 is 1.95 bits per heavy atom. The lowest BCUT2D eigenvalue weighted by molar-refractivity contribution is -0.187. The summed E-state index contributed by atoms with van der Waals surface area (Å²) in [6, 6.07) is 3.81. The van der Waals surface area contributed by atoms with Crippen molar-refractivity contribution >= 4 is 33.4 Å². The molecule has 2 atom stereocenters. The third-order valence-electron chi connectivity index (χ3n) is 3.68. The number of hydrogen-bond donors (Lipinski definition) is 1. The van der Waals surface area contributed by atoms with Crippen LogP contribution in [0.5, 0.6) is 0 Å². The lowest BCUT2D eigenvalue weighted by Gasteiger charge is -2.33. The lowest BCUT2D eigenvalue weighted by Crippen LogP contribution is -2.47. The number of alkyl halides is 3. The van der Waals surface area contributed by atoms with Crippen molar-refractivity contribution in [2.45, 2.75) is 37.9 Å². The van der Waals surface area contributed by atoms with Gasteiger partial charge in [-0.1, -0.05) is 40.4 Å². The molecule has 0 aliphatic heterocycles. The van der Waals surface area contributed by atoms with Gasteiger partial charge in [-0.2, -0.15) is 13.2 Å². The van der Waals surface area contributed by atoms with Crippen molar-refractivity contribution in [3.8, 4) is 0 Å². The van der Waals surface area contributed by atoms with E-state index in [0.29, 0.717) is 23.7 Å². The van der Waals surface area contributed by atoms with Crippen molar-refractivity contribution in [3.05, 3.63) is 33.3 Å². The van der Waals surface area contributed by atoms with Gasteiger partial charge in [0.2, 0.25) is 0 Å². The van der Waals surface area contributed by atoms with Crippen LogP contribution in [-0.2, 0) is 0 Å². The molecule has 1 N–H and O–H groups in total. The van der Waals surface area contributed by atoms with Gasteiger partial charge in [0.15, 0.2) is 0 Å². The normalized spacial score (nSPS) is 22.9. The Morgan fingerprint density at radius 3 is 2.62 bits per heavy atom. The molecule has 7 heteroatoms. The van der Waals surface area contributed by atoms with Crippen LogP contribution in [0, 0.1) is 5.92 Å². The molecular weight excluding hydrogens is 371 g/mol. The van der Waals surface area contributed by atoms with E-state index in [1.54, 1.807) is 6.07 Å². The molecule has 1 amide bonds. The monoisotopic (exact) mass is 383 g/mol. The highest BCUT2D eigenvalue weighted by Crippen LogP contribution is 2.38. The number of halogens is 5. The molecule has 1 aromatic rings. The molecule has 1 fully saturated rings. The number of nitrogens with one attached hydrogen (secondary N) is 1. The second-order valence-corrected chi connectivity index (χ2v) is 6.46. The van der Waals surface area contributed by atoms with Crippen LogP contribution < -0.4 is 5.32 Å². The Labute approximate surface area is 134 Å². The van der Waals surface area contributed by atoms with Crippen LogP contribution in [0.1, 0.15) is 36.0 Å². The van der Waals surface area contributed by atoms with Crippen molar-refractivity contribution in [3.63, 3.8) is 0 Å². The van der Waals surface area contributed by atoms with Gasteiger partial charge in [-0.3, -0.25) is 4.79 Å². The van der Waals surface area contributed by atoms with E-state index < -0.39 is 24.0 Å². The fraction of sp³-hybridized carbons (Fsp3) is 0.500. The van der Waals surface area contributed by atoms with Crippen molar-refractivity contribution < 1.29 is 18.0 Å². The fourth-order valence-electron chi connectivity index (χ4n) is 2.61. The maximum atomic E-state index is 13.0. The molecule has 2 nitrogen and oxygen atoms in total.